The Kier molecular flexibility index (Phi) is 6.95. The molecule has 1 aliphatic rings. The highest BCUT2D eigenvalue weighted by atomic mass is 32.2. The molecule has 0 radical (unpaired) electrons. The number of nitrogens with one attached hydrogen (secondary N) is 1. The summed E-state index contributed by atoms with van der Waals surface area (Å²) in [5.74, 6) is 0.938. The minimum atomic E-state index is -0.359. The Hall–Kier alpha value is -2.65. The van der Waals surface area contributed by atoms with Crippen LogP contribution in [0.4, 0.5) is 5.00 Å². The van der Waals surface area contributed by atoms with E-state index in [2.05, 4.69) is 22.4 Å². The molecule has 1 N–H and O–H groups in total. The molecule has 0 saturated heterocycles. The van der Waals surface area contributed by atoms with E-state index in [1.165, 1.54) is 28.0 Å². The maximum atomic E-state index is 12.8. The van der Waals surface area contributed by atoms with Crippen molar-refractivity contribution in [2.45, 2.75) is 45.2 Å². The van der Waals surface area contributed by atoms with Crippen molar-refractivity contribution in [2.24, 2.45) is 5.92 Å². The fourth-order valence-electron chi connectivity index (χ4n) is 3.86. The largest absolute Gasteiger partial charge is 0.462 e. The Morgan fingerprint density at radius 3 is 2.81 bits per heavy atom. The summed E-state index contributed by atoms with van der Waals surface area (Å²) in [6, 6.07) is 9.80. The first-order chi connectivity index (χ1) is 15.5. The molecule has 1 aromatic carbocycles. The number of aryl methyl sites for hydroxylation is 1. The molecule has 0 aliphatic heterocycles. The summed E-state index contributed by atoms with van der Waals surface area (Å²) in [6.45, 7) is 6.19. The Morgan fingerprint density at radius 2 is 2.06 bits per heavy atom. The average molecular weight is 471 g/mol. The molecular weight excluding hydrogens is 444 g/mol. The van der Waals surface area contributed by atoms with E-state index in [9.17, 15) is 9.59 Å². The van der Waals surface area contributed by atoms with Gasteiger partial charge in [-0.25, -0.2) is 4.79 Å². The van der Waals surface area contributed by atoms with Gasteiger partial charge in [0.25, 0.3) is 0 Å². The number of hydrogen-bond donors (Lipinski definition) is 1. The summed E-state index contributed by atoms with van der Waals surface area (Å²) in [5.41, 5.74) is 2.51. The summed E-state index contributed by atoms with van der Waals surface area (Å²) < 4.78 is 7.21. The van der Waals surface area contributed by atoms with Crippen LogP contribution in [0.5, 0.6) is 0 Å². The molecule has 9 heteroatoms. The molecule has 7 nitrogen and oxygen atoms in total. The van der Waals surface area contributed by atoms with Crippen molar-refractivity contribution in [1.82, 2.24) is 14.8 Å². The van der Waals surface area contributed by atoms with E-state index in [1.807, 2.05) is 41.8 Å². The third-order valence-electron chi connectivity index (χ3n) is 5.39. The van der Waals surface area contributed by atoms with Crippen LogP contribution in [0, 0.1) is 12.8 Å². The molecule has 3 aromatic rings. The quantitative estimate of drug-likeness (QED) is 0.399. The zero-order valence-corrected chi connectivity index (χ0v) is 20.0. The lowest BCUT2D eigenvalue weighted by Gasteiger charge is -2.18. The number of rotatable bonds is 7. The maximum absolute atomic E-state index is 12.8. The average Bonchev–Trinajstić information content (AvgIpc) is 3.32. The van der Waals surface area contributed by atoms with E-state index >= 15 is 0 Å². The van der Waals surface area contributed by atoms with Gasteiger partial charge in [0.1, 0.15) is 10.8 Å². The second-order valence-electron chi connectivity index (χ2n) is 7.81. The van der Waals surface area contributed by atoms with Crippen LogP contribution in [0.2, 0.25) is 0 Å². The van der Waals surface area contributed by atoms with Gasteiger partial charge in [-0.15, -0.1) is 21.5 Å². The Balaban J connectivity index is 1.50. The summed E-state index contributed by atoms with van der Waals surface area (Å²) in [7, 11) is 0. The van der Waals surface area contributed by atoms with E-state index in [4.69, 9.17) is 4.74 Å². The van der Waals surface area contributed by atoms with Gasteiger partial charge in [0.05, 0.1) is 17.9 Å². The van der Waals surface area contributed by atoms with Crippen molar-refractivity contribution >= 4 is 40.0 Å². The first kappa shape index (κ1) is 22.5. The van der Waals surface area contributed by atoms with Gasteiger partial charge in [-0.2, -0.15) is 0 Å². The number of fused-ring (bicyclic) bond motifs is 1. The number of benzene rings is 1. The van der Waals surface area contributed by atoms with Crippen LogP contribution in [0.3, 0.4) is 0 Å². The first-order valence-electron chi connectivity index (χ1n) is 10.7. The van der Waals surface area contributed by atoms with Crippen molar-refractivity contribution in [3.05, 3.63) is 52.2 Å². The van der Waals surface area contributed by atoms with E-state index in [-0.39, 0.29) is 17.6 Å². The number of anilines is 1. The van der Waals surface area contributed by atoms with Gasteiger partial charge >= 0.3 is 5.97 Å². The maximum Gasteiger partial charge on any atom is 0.341 e. The number of carbonyl (C=O) groups is 2. The first-order valence-corrected chi connectivity index (χ1v) is 12.5. The lowest BCUT2D eigenvalue weighted by Crippen LogP contribution is -2.18. The van der Waals surface area contributed by atoms with Crippen LogP contribution in [0.15, 0.2) is 35.5 Å². The highest BCUT2D eigenvalue weighted by Gasteiger charge is 2.29. The number of thiophene rings is 1. The third kappa shape index (κ3) is 4.73. The lowest BCUT2D eigenvalue weighted by atomic mass is 9.88. The summed E-state index contributed by atoms with van der Waals surface area (Å²) in [5, 5.41) is 12.6. The normalized spacial score (nSPS) is 15.3. The van der Waals surface area contributed by atoms with Crippen LogP contribution in [0.25, 0.3) is 5.69 Å². The molecule has 0 fully saturated rings. The van der Waals surface area contributed by atoms with Gasteiger partial charge in [-0.3, -0.25) is 9.36 Å². The second kappa shape index (κ2) is 9.87. The number of thioether (sulfide) groups is 1. The zero-order valence-electron chi connectivity index (χ0n) is 18.4. The summed E-state index contributed by atoms with van der Waals surface area (Å²) in [4.78, 5) is 26.6. The number of aromatic nitrogens is 3. The van der Waals surface area contributed by atoms with Crippen molar-refractivity contribution in [2.75, 3.05) is 17.7 Å². The Labute approximate surface area is 195 Å². The highest BCUT2D eigenvalue weighted by Crippen LogP contribution is 2.40. The molecule has 1 amide bonds. The number of amides is 1. The van der Waals surface area contributed by atoms with Gasteiger partial charge in [0.15, 0.2) is 5.16 Å². The number of hydrogen-bond acceptors (Lipinski definition) is 7. The third-order valence-corrected chi connectivity index (χ3v) is 7.48. The molecule has 1 atom stereocenters. The minimum Gasteiger partial charge on any atom is -0.462 e. The molecule has 4 rings (SSSR count). The van der Waals surface area contributed by atoms with E-state index in [0.717, 1.165) is 36.3 Å². The van der Waals surface area contributed by atoms with Crippen LogP contribution >= 0.6 is 23.1 Å². The Bertz CT molecular complexity index is 1120. The van der Waals surface area contributed by atoms with Crippen molar-refractivity contribution in [3.63, 3.8) is 0 Å². The van der Waals surface area contributed by atoms with E-state index < -0.39 is 0 Å². The molecule has 1 unspecified atom stereocenters. The molecule has 1 aliphatic carbocycles. The SMILES string of the molecule is CCOC(=O)c1c(NC(=O)CSc2nnc(C)n2-c2ccccc2)sc2c1CCC(C)C2. The second-order valence-corrected chi connectivity index (χ2v) is 9.86. The van der Waals surface area contributed by atoms with Gasteiger partial charge < -0.3 is 10.1 Å². The molecule has 0 bridgehead atoms. The fraction of sp³-hybridized carbons (Fsp3) is 0.391. The number of ether oxygens (including phenoxy) is 1. The van der Waals surface area contributed by atoms with Crippen LogP contribution in [-0.4, -0.2) is 39.0 Å². The van der Waals surface area contributed by atoms with Crippen LogP contribution in [0.1, 0.15) is 46.9 Å². The predicted molar refractivity (Wildman–Crippen MR) is 127 cm³/mol. The van der Waals surface area contributed by atoms with Gasteiger partial charge in [-0.05, 0) is 56.7 Å². The molecular formula is C23H26N4O3S2. The highest BCUT2D eigenvalue weighted by molar-refractivity contribution is 7.99. The number of carbonyl (C=O) groups excluding carboxylic acids is 2. The molecule has 2 aromatic heterocycles. The van der Waals surface area contributed by atoms with Gasteiger partial charge in [0.2, 0.25) is 5.91 Å². The smallest absolute Gasteiger partial charge is 0.341 e. The number of para-hydroxylation sites is 1. The Morgan fingerprint density at radius 1 is 1.28 bits per heavy atom. The predicted octanol–water partition coefficient (Wildman–Crippen LogP) is 4.67. The van der Waals surface area contributed by atoms with Crippen molar-refractivity contribution < 1.29 is 14.3 Å². The number of esters is 1. The lowest BCUT2D eigenvalue weighted by molar-refractivity contribution is -0.113. The van der Waals surface area contributed by atoms with Crippen LogP contribution in [-0.2, 0) is 22.4 Å². The van der Waals surface area contributed by atoms with E-state index in [1.54, 1.807) is 6.92 Å². The van der Waals surface area contributed by atoms with E-state index in [0.29, 0.717) is 28.2 Å². The molecule has 0 saturated carbocycles. The van der Waals surface area contributed by atoms with Gasteiger partial charge in [0, 0.05) is 10.6 Å². The minimum absolute atomic E-state index is 0.159. The molecule has 0 spiro atoms. The summed E-state index contributed by atoms with van der Waals surface area (Å²) >= 11 is 2.81. The van der Waals surface area contributed by atoms with Crippen molar-refractivity contribution in [1.29, 1.82) is 0 Å². The fourth-order valence-corrected chi connectivity index (χ4v) is 6.07. The molecule has 32 heavy (non-hydrogen) atoms. The van der Waals surface area contributed by atoms with Gasteiger partial charge in [-0.1, -0.05) is 36.9 Å². The molecule has 168 valence electrons. The zero-order chi connectivity index (χ0) is 22.7. The standard InChI is InChI=1S/C23H26N4O3S2/c1-4-30-22(29)20-17-11-10-14(2)12-18(17)32-21(20)24-19(28)13-31-23-26-25-15(3)27(23)16-8-6-5-7-9-16/h5-9,14H,4,10-13H2,1-3H3,(H,24,28). The number of nitrogens with zero attached hydrogens (tertiary/aromatic N) is 3. The summed E-state index contributed by atoms with van der Waals surface area (Å²) in [6.07, 6.45) is 2.80. The van der Waals surface area contributed by atoms with Crippen molar-refractivity contribution in [3.8, 4) is 5.69 Å². The molecule has 2 heterocycles. The topological polar surface area (TPSA) is 86.1 Å². The van der Waals surface area contributed by atoms with Crippen LogP contribution < -0.4 is 5.32 Å². The monoisotopic (exact) mass is 470 g/mol.